The minimum Gasteiger partial charge on any atom is -0.243 e. The summed E-state index contributed by atoms with van der Waals surface area (Å²) in [5, 5.41) is 6.83. The summed E-state index contributed by atoms with van der Waals surface area (Å²) in [7, 11) is 1.24. The van der Waals surface area contributed by atoms with E-state index in [9.17, 15) is 13.2 Å². The minimum atomic E-state index is -4.38. The van der Waals surface area contributed by atoms with Gasteiger partial charge in [0, 0.05) is 7.05 Å². The van der Waals surface area contributed by atoms with Crippen molar-refractivity contribution in [2.45, 2.75) is 25.9 Å². The molecule has 0 amide bonds. The van der Waals surface area contributed by atoms with Crippen LogP contribution in [0.2, 0.25) is 0 Å². The summed E-state index contributed by atoms with van der Waals surface area (Å²) in [6, 6.07) is 0. The van der Waals surface area contributed by atoms with E-state index in [-0.39, 0.29) is 11.6 Å². The predicted molar refractivity (Wildman–Crippen MR) is 40.1 cm³/mol. The van der Waals surface area contributed by atoms with Gasteiger partial charge in [-0.2, -0.15) is 13.2 Å². The van der Waals surface area contributed by atoms with Crippen molar-refractivity contribution in [3.05, 3.63) is 11.4 Å². The van der Waals surface area contributed by atoms with Crippen LogP contribution in [0, 0.1) is 0 Å². The van der Waals surface area contributed by atoms with Gasteiger partial charge < -0.3 is 0 Å². The molecule has 3 nitrogen and oxygen atoms in total. The third-order valence-corrected chi connectivity index (χ3v) is 1.67. The maximum absolute atomic E-state index is 12.4. The molecular weight excluding hydrogens is 183 g/mol. The van der Waals surface area contributed by atoms with Crippen molar-refractivity contribution in [3.63, 3.8) is 0 Å². The topological polar surface area (TPSA) is 30.7 Å². The molecule has 1 aromatic heterocycles. The first-order chi connectivity index (χ1) is 5.84. The van der Waals surface area contributed by atoms with Crippen molar-refractivity contribution >= 4 is 0 Å². The van der Waals surface area contributed by atoms with Gasteiger partial charge in [0.1, 0.15) is 0 Å². The second-order valence-corrected chi connectivity index (χ2v) is 3.10. The van der Waals surface area contributed by atoms with E-state index in [1.807, 2.05) is 0 Å². The normalized spacial score (nSPS) is 12.5. The molecule has 0 saturated heterocycles. The number of hydrogen-bond donors (Lipinski definition) is 0. The Bertz CT molecular complexity index is 300. The van der Waals surface area contributed by atoms with E-state index in [4.69, 9.17) is 0 Å². The Hall–Kier alpha value is -1.07. The minimum absolute atomic E-state index is 0.00463. The van der Waals surface area contributed by atoms with Gasteiger partial charge in [-0.3, -0.25) is 0 Å². The van der Waals surface area contributed by atoms with Gasteiger partial charge in [0.25, 0.3) is 0 Å². The maximum atomic E-state index is 12.4. The number of hydrogen-bond acceptors (Lipinski definition) is 2. The molecule has 1 aromatic rings. The van der Waals surface area contributed by atoms with E-state index in [2.05, 4.69) is 10.3 Å². The molecule has 0 atom stereocenters. The number of rotatable bonds is 1. The zero-order chi connectivity index (χ0) is 10.2. The summed E-state index contributed by atoms with van der Waals surface area (Å²) < 4.78 is 38.0. The Kier molecular flexibility index (Phi) is 2.32. The second kappa shape index (κ2) is 3.01. The highest BCUT2D eigenvalue weighted by Crippen LogP contribution is 2.33. The first-order valence-corrected chi connectivity index (χ1v) is 3.80. The number of halogens is 3. The third-order valence-electron chi connectivity index (χ3n) is 1.67. The van der Waals surface area contributed by atoms with Gasteiger partial charge in [0.05, 0.1) is 5.69 Å². The highest BCUT2D eigenvalue weighted by Gasteiger charge is 2.38. The molecule has 0 unspecified atom stereocenters. The lowest BCUT2D eigenvalue weighted by molar-refractivity contribution is -0.144. The largest absolute Gasteiger partial charge is 0.434 e. The Labute approximate surface area is 73.5 Å². The zero-order valence-electron chi connectivity index (χ0n) is 7.55. The molecule has 0 N–H and O–H groups in total. The monoisotopic (exact) mass is 193 g/mol. The number of aromatic nitrogens is 3. The van der Waals surface area contributed by atoms with Crippen molar-refractivity contribution in [2.24, 2.45) is 7.05 Å². The number of aryl methyl sites for hydroxylation is 1. The van der Waals surface area contributed by atoms with E-state index in [0.29, 0.717) is 0 Å². The van der Waals surface area contributed by atoms with Crippen molar-refractivity contribution in [1.82, 2.24) is 15.0 Å². The lowest BCUT2D eigenvalue weighted by atomic mass is 10.1. The molecule has 0 aliphatic carbocycles. The van der Waals surface area contributed by atoms with E-state index in [0.717, 1.165) is 4.68 Å². The summed E-state index contributed by atoms with van der Waals surface area (Å²) in [6.45, 7) is 3.30. The summed E-state index contributed by atoms with van der Waals surface area (Å²) in [4.78, 5) is 0. The SMILES string of the molecule is CC(C)c1nnn(C)c1C(F)(F)F. The van der Waals surface area contributed by atoms with E-state index < -0.39 is 11.9 Å². The van der Waals surface area contributed by atoms with Crippen LogP contribution in [0.4, 0.5) is 13.2 Å². The lowest BCUT2D eigenvalue weighted by Crippen LogP contribution is -2.14. The molecule has 0 fully saturated rings. The number of alkyl halides is 3. The molecule has 13 heavy (non-hydrogen) atoms. The zero-order valence-corrected chi connectivity index (χ0v) is 7.55. The van der Waals surface area contributed by atoms with Crippen molar-refractivity contribution in [3.8, 4) is 0 Å². The quantitative estimate of drug-likeness (QED) is 0.682. The van der Waals surface area contributed by atoms with Crippen molar-refractivity contribution < 1.29 is 13.2 Å². The Morgan fingerprint density at radius 3 is 2.15 bits per heavy atom. The Morgan fingerprint density at radius 2 is 1.85 bits per heavy atom. The fourth-order valence-corrected chi connectivity index (χ4v) is 1.09. The van der Waals surface area contributed by atoms with Crippen LogP contribution in [0.25, 0.3) is 0 Å². The predicted octanol–water partition coefficient (Wildman–Crippen LogP) is 1.96. The maximum Gasteiger partial charge on any atom is 0.434 e. The van der Waals surface area contributed by atoms with Gasteiger partial charge in [-0.25, -0.2) is 4.68 Å². The van der Waals surface area contributed by atoms with Crippen molar-refractivity contribution in [2.75, 3.05) is 0 Å². The molecule has 1 heterocycles. The Balaban J connectivity index is 3.25. The molecule has 0 aromatic carbocycles. The molecule has 0 radical (unpaired) electrons. The van der Waals surface area contributed by atoms with Gasteiger partial charge in [-0.15, -0.1) is 5.10 Å². The summed E-state index contributed by atoms with van der Waals surface area (Å²) in [5.41, 5.74) is -0.766. The van der Waals surface area contributed by atoms with Crippen LogP contribution >= 0.6 is 0 Å². The van der Waals surface area contributed by atoms with Crippen LogP contribution in [0.15, 0.2) is 0 Å². The number of nitrogens with zero attached hydrogens (tertiary/aromatic N) is 3. The van der Waals surface area contributed by atoms with E-state index in [1.54, 1.807) is 13.8 Å². The Morgan fingerprint density at radius 1 is 1.31 bits per heavy atom. The average molecular weight is 193 g/mol. The average Bonchev–Trinajstić information content (AvgIpc) is 2.28. The third kappa shape index (κ3) is 1.81. The van der Waals surface area contributed by atoms with Gasteiger partial charge in [0.15, 0.2) is 5.69 Å². The second-order valence-electron chi connectivity index (χ2n) is 3.10. The van der Waals surface area contributed by atoms with Gasteiger partial charge in [0.2, 0.25) is 0 Å². The smallest absolute Gasteiger partial charge is 0.243 e. The summed E-state index contributed by atoms with van der Waals surface area (Å²) in [5.74, 6) is -0.273. The molecule has 74 valence electrons. The van der Waals surface area contributed by atoms with Crippen LogP contribution in [-0.2, 0) is 13.2 Å². The van der Waals surface area contributed by atoms with E-state index >= 15 is 0 Å². The molecule has 0 aliphatic heterocycles. The van der Waals surface area contributed by atoms with Gasteiger partial charge >= 0.3 is 6.18 Å². The molecule has 1 rings (SSSR count). The van der Waals surface area contributed by atoms with Gasteiger partial charge in [-0.1, -0.05) is 19.1 Å². The lowest BCUT2D eigenvalue weighted by Gasteiger charge is -2.09. The first kappa shape index (κ1) is 10.0. The van der Waals surface area contributed by atoms with Gasteiger partial charge in [-0.05, 0) is 5.92 Å². The molecule has 0 bridgehead atoms. The van der Waals surface area contributed by atoms with E-state index in [1.165, 1.54) is 7.05 Å². The molecule has 0 spiro atoms. The van der Waals surface area contributed by atoms with Crippen molar-refractivity contribution in [1.29, 1.82) is 0 Å². The molecule has 0 aliphatic rings. The van der Waals surface area contributed by atoms with Crippen LogP contribution in [-0.4, -0.2) is 15.0 Å². The van der Waals surface area contributed by atoms with Crippen LogP contribution < -0.4 is 0 Å². The molecule has 0 saturated carbocycles. The fraction of sp³-hybridized carbons (Fsp3) is 0.714. The standard InChI is InChI=1S/C7H10F3N3/c1-4(2)5-6(7(8,9)10)13(3)12-11-5/h4H,1-3H3. The van der Waals surface area contributed by atoms with Crippen LogP contribution in [0.5, 0.6) is 0 Å². The highest BCUT2D eigenvalue weighted by molar-refractivity contribution is 5.16. The summed E-state index contributed by atoms with van der Waals surface area (Å²) in [6.07, 6.45) is -4.38. The first-order valence-electron chi connectivity index (χ1n) is 3.80. The fourth-order valence-electron chi connectivity index (χ4n) is 1.09. The summed E-state index contributed by atoms with van der Waals surface area (Å²) >= 11 is 0. The highest BCUT2D eigenvalue weighted by atomic mass is 19.4. The molecular formula is C7H10F3N3. The molecule has 6 heteroatoms. The van der Waals surface area contributed by atoms with Crippen LogP contribution in [0.1, 0.15) is 31.2 Å². The van der Waals surface area contributed by atoms with Crippen LogP contribution in [0.3, 0.4) is 0 Å².